The summed E-state index contributed by atoms with van der Waals surface area (Å²) in [6.45, 7) is 8.78. The van der Waals surface area contributed by atoms with Gasteiger partial charge in [0.1, 0.15) is 0 Å². The minimum absolute atomic E-state index is 0.165. The number of benzene rings is 2. The highest BCUT2D eigenvalue weighted by Crippen LogP contribution is 2.31. The Bertz CT molecular complexity index is 1650. The number of aromatic nitrogens is 2. The Balaban J connectivity index is 1.75. The Morgan fingerprint density at radius 2 is 1.86 bits per heavy atom. The van der Waals surface area contributed by atoms with Crippen LogP contribution in [0.1, 0.15) is 43.5 Å². The lowest BCUT2D eigenvalue weighted by atomic mass is 9.95. The molecular formula is C28H27N3O3S. The minimum Gasteiger partial charge on any atom is -0.463 e. The molecule has 0 aliphatic carbocycles. The smallest absolute Gasteiger partial charge is 0.338 e. The number of nitrogens with zero attached hydrogens (tertiary/aromatic N) is 3. The number of thiazole rings is 1. The molecule has 2 aromatic carbocycles. The summed E-state index contributed by atoms with van der Waals surface area (Å²) in [5.41, 5.74) is 4.88. The van der Waals surface area contributed by atoms with E-state index in [9.17, 15) is 9.59 Å². The number of hydrogen-bond donors (Lipinski definition) is 0. The molecule has 4 aromatic rings. The standard InChI is InChI=1S/C28H27N3O3S/c1-5-30-16-20(21-9-7-8-10-22(21)30)15-23-26(32)31-25(19-13-11-17(3)12-14-19)24(27(33)34-6-2)18(4)29-28(31)35-23/h7-16,25H,5-6H2,1-4H3/b23-15+. The number of hydrogen-bond acceptors (Lipinski definition) is 5. The van der Waals surface area contributed by atoms with E-state index in [0.29, 0.717) is 20.6 Å². The fraction of sp³-hybridized carbons (Fsp3) is 0.250. The van der Waals surface area contributed by atoms with Gasteiger partial charge in [0.05, 0.1) is 28.5 Å². The normalized spacial score (nSPS) is 15.9. The molecule has 0 fully saturated rings. The van der Waals surface area contributed by atoms with E-state index < -0.39 is 12.0 Å². The zero-order chi connectivity index (χ0) is 24.7. The summed E-state index contributed by atoms with van der Waals surface area (Å²) in [5, 5.41) is 1.10. The van der Waals surface area contributed by atoms with Gasteiger partial charge in [-0.1, -0.05) is 59.4 Å². The third kappa shape index (κ3) is 3.96. The molecule has 1 atom stereocenters. The van der Waals surface area contributed by atoms with Gasteiger partial charge in [-0.2, -0.15) is 0 Å². The third-order valence-corrected chi connectivity index (χ3v) is 7.34. The van der Waals surface area contributed by atoms with Crippen molar-refractivity contribution in [2.45, 2.75) is 40.3 Å². The van der Waals surface area contributed by atoms with Crippen LogP contribution in [0.15, 0.2) is 75.8 Å². The number of fused-ring (bicyclic) bond motifs is 2. The summed E-state index contributed by atoms with van der Waals surface area (Å²) in [6.07, 6.45) is 4.02. The number of aryl methyl sites for hydroxylation is 2. The van der Waals surface area contributed by atoms with Crippen LogP contribution in [0.5, 0.6) is 0 Å². The van der Waals surface area contributed by atoms with Crippen molar-refractivity contribution in [2.24, 2.45) is 4.99 Å². The highest BCUT2D eigenvalue weighted by molar-refractivity contribution is 7.07. The highest BCUT2D eigenvalue weighted by atomic mass is 32.1. The van der Waals surface area contributed by atoms with E-state index in [-0.39, 0.29) is 12.2 Å². The first-order valence-corrected chi connectivity index (χ1v) is 12.6. The molecule has 5 rings (SSSR count). The Labute approximate surface area is 207 Å². The van der Waals surface area contributed by atoms with Crippen molar-refractivity contribution in [3.63, 3.8) is 0 Å². The topological polar surface area (TPSA) is 65.6 Å². The average molecular weight is 486 g/mol. The van der Waals surface area contributed by atoms with Crippen LogP contribution >= 0.6 is 11.3 Å². The molecule has 35 heavy (non-hydrogen) atoms. The summed E-state index contributed by atoms with van der Waals surface area (Å²) in [6, 6.07) is 15.5. The van der Waals surface area contributed by atoms with Crippen LogP contribution in [0.25, 0.3) is 17.0 Å². The van der Waals surface area contributed by atoms with Crippen LogP contribution in [-0.2, 0) is 16.1 Å². The third-order valence-electron chi connectivity index (χ3n) is 6.36. The molecule has 3 heterocycles. The molecule has 0 spiro atoms. The van der Waals surface area contributed by atoms with Gasteiger partial charge in [-0.15, -0.1) is 0 Å². The monoisotopic (exact) mass is 485 g/mol. The van der Waals surface area contributed by atoms with E-state index in [0.717, 1.165) is 34.1 Å². The summed E-state index contributed by atoms with van der Waals surface area (Å²) >= 11 is 1.35. The Morgan fingerprint density at radius 3 is 2.57 bits per heavy atom. The molecule has 0 saturated carbocycles. The predicted octanol–water partition coefficient (Wildman–Crippen LogP) is 4.08. The van der Waals surface area contributed by atoms with Gasteiger partial charge in [-0.05, 0) is 45.4 Å². The predicted molar refractivity (Wildman–Crippen MR) is 139 cm³/mol. The Morgan fingerprint density at radius 1 is 1.11 bits per heavy atom. The summed E-state index contributed by atoms with van der Waals surface area (Å²) in [5.74, 6) is -0.445. The van der Waals surface area contributed by atoms with Crippen molar-refractivity contribution < 1.29 is 9.53 Å². The Kier molecular flexibility index (Phi) is 6.03. The number of rotatable bonds is 5. The molecule has 0 amide bonds. The van der Waals surface area contributed by atoms with Crippen LogP contribution in [0, 0.1) is 6.92 Å². The number of para-hydroxylation sites is 1. The SMILES string of the molecule is CCOC(=O)C1=C(C)N=c2s/c(=C/c3cn(CC)c4ccccc34)c(=O)n2C1c1ccc(C)cc1. The molecule has 7 heteroatoms. The summed E-state index contributed by atoms with van der Waals surface area (Å²) in [4.78, 5) is 32.1. The van der Waals surface area contributed by atoms with E-state index in [4.69, 9.17) is 4.74 Å². The quantitative estimate of drug-likeness (QED) is 0.400. The van der Waals surface area contributed by atoms with Crippen molar-refractivity contribution in [2.75, 3.05) is 6.61 Å². The van der Waals surface area contributed by atoms with E-state index in [1.54, 1.807) is 18.4 Å². The fourth-order valence-electron chi connectivity index (χ4n) is 4.65. The maximum absolute atomic E-state index is 13.8. The largest absolute Gasteiger partial charge is 0.463 e. The number of carbonyl (C=O) groups excluding carboxylic acids is 1. The van der Waals surface area contributed by atoms with Crippen molar-refractivity contribution in [3.8, 4) is 0 Å². The second-order valence-electron chi connectivity index (χ2n) is 8.60. The number of esters is 1. The summed E-state index contributed by atoms with van der Waals surface area (Å²) in [7, 11) is 0. The number of ether oxygens (including phenoxy) is 1. The first-order chi connectivity index (χ1) is 16.9. The van der Waals surface area contributed by atoms with Gasteiger partial charge in [-0.3, -0.25) is 9.36 Å². The van der Waals surface area contributed by atoms with Crippen LogP contribution in [-0.4, -0.2) is 21.7 Å². The second kappa shape index (κ2) is 9.15. The van der Waals surface area contributed by atoms with Gasteiger partial charge in [-0.25, -0.2) is 9.79 Å². The number of allylic oxidation sites excluding steroid dienone is 1. The van der Waals surface area contributed by atoms with Gasteiger partial charge in [0, 0.05) is 29.2 Å². The van der Waals surface area contributed by atoms with E-state index in [1.165, 1.54) is 11.3 Å². The maximum Gasteiger partial charge on any atom is 0.338 e. The first kappa shape index (κ1) is 23.1. The van der Waals surface area contributed by atoms with Crippen molar-refractivity contribution in [3.05, 3.63) is 102 Å². The lowest BCUT2D eigenvalue weighted by Crippen LogP contribution is -2.39. The van der Waals surface area contributed by atoms with Crippen LogP contribution in [0.4, 0.5) is 0 Å². The highest BCUT2D eigenvalue weighted by Gasteiger charge is 2.33. The second-order valence-corrected chi connectivity index (χ2v) is 9.61. The van der Waals surface area contributed by atoms with Gasteiger partial charge < -0.3 is 9.30 Å². The van der Waals surface area contributed by atoms with Gasteiger partial charge in [0.2, 0.25) is 0 Å². The fourth-order valence-corrected chi connectivity index (χ4v) is 5.69. The molecule has 6 nitrogen and oxygen atoms in total. The van der Waals surface area contributed by atoms with Crippen molar-refractivity contribution >= 4 is 34.3 Å². The molecule has 0 N–H and O–H groups in total. The van der Waals surface area contributed by atoms with E-state index in [2.05, 4.69) is 34.8 Å². The molecule has 0 bridgehead atoms. The minimum atomic E-state index is -0.593. The molecule has 0 saturated heterocycles. The van der Waals surface area contributed by atoms with Gasteiger partial charge >= 0.3 is 5.97 Å². The summed E-state index contributed by atoms with van der Waals surface area (Å²) < 4.78 is 9.77. The lowest BCUT2D eigenvalue weighted by molar-refractivity contribution is -0.139. The van der Waals surface area contributed by atoms with Crippen LogP contribution in [0.3, 0.4) is 0 Å². The molecule has 1 unspecified atom stereocenters. The molecule has 2 aromatic heterocycles. The first-order valence-electron chi connectivity index (χ1n) is 11.8. The molecule has 178 valence electrons. The lowest BCUT2D eigenvalue weighted by Gasteiger charge is -2.24. The van der Waals surface area contributed by atoms with Gasteiger partial charge in [0.25, 0.3) is 5.56 Å². The molecule has 0 radical (unpaired) electrons. The van der Waals surface area contributed by atoms with Crippen LogP contribution < -0.4 is 14.9 Å². The van der Waals surface area contributed by atoms with E-state index in [1.807, 2.05) is 49.4 Å². The van der Waals surface area contributed by atoms with Crippen molar-refractivity contribution in [1.82, 2.24) is 9.13 Å². The van der Waals surface area contributed by atoms with Crippen LogP contribution in [0.2, 0.25) is 0 Å². The van der Waals surface area contributed by atoms with Crippen molar-refractivity contribution in [1.29, 1.82) is 0 Å². The molecule has 1 aliphatic rings. The molecular weight excluding hydrogens is 458 g/mol. The average Bonchev–Trinajstić information content (AvgIpc) is 3.36. The zero-order valence-electron chi connectivity index (χ0n) is 20.2. The number of carbonyl (C=O) groups is 1. The van der Waals surface area contributed by atoms with Gasteiger partial charge in [0.15, 0.2) is 4.80 Å². The zero-order valence-corrected chi connectivity index (χ0v) is 21.1. The Hall–Kier alpha value is -3.71. The maximum atomic E-state index is 13.8. The molecule has 1 aliphatic heterocycles. The van der Waals surface area contributed by atoms with E-state index >= 15 is 0 Å².